The summed E-state index contributed by atoms with van der Waals surface area (Å²) in [5.74, 6) is 1.84. The van der Waals surface area contributed by atoms with Crippen LogP contribution < -0.4 is 16.4 Å². The van der Waals surface area contributed by atoms with E-state index in [9.17, 15) is 0 Å². The topological polar surface area (TPSA) is 115 Å². The largest absolute Gasteiger partial charge is 0.387 e. The highest BCUT2D eigenvalue weighted by Crippen LogP contribution is 2.27. The van der Waals surface area contributed by atoms with Crippen LogP contribution in [-0.2, 0) is 0 Å². The maximum absolute atomic E-state index is 5.73. The summed E-state index contributed by atoms with van der Waals surface area (Å²) in [4.78, 5) is 21.3. The summed E-state index contributed by atoms with van der Waals surface area (Å²) in [5, 5.41) is 6.37. The molecule has 3 aromatic rings. The normalized spacial score (nSPS) is 10.5. The number of nitrogens with two attached hydrogens (primary N) is 1. The summed E-state index contributed by atoms with van der Waals surface area (Å²) < 4.78 is 0. The number of pyridine rings is 2. The van der Waals surface area contributed by atoms with Gasteiger partial charge in [0, 0.05) is 13.2 Å². The maximum atomic E-state index is 5.73. The van der Waals surface area contributed by atoms with Crippen molar-refractivity contribution in [2.45, 2.75) is 13.8 Å². The molecule has 3 aromatic heterocycles. The smallest absolute Gasteiger partial charge is 0.223 e. The molecule has 24 heavy (non-hydrogen) atoms. The lowest BCUT2D eigenvalue weighted by atomic mass is 10.2. The summed E-state index contributed by atoms with van der Waals surface area (Å²) in [6.45, 7) is 3.71. The van der Waals surface area contributed by atoms with Gasteiger partial charge in [-0.05, 0) is 32.0 Å². The molecular formula is C16H18N8. The van der Waals surface area contributed by atoms with Crippen molar-refractivity contribution in [2.24, 2.45) is 0 Å². The molecule has 0 aliphatic heterocycles. The molecule has 3 heterocycles. The van der Waals surface area contributed by atoms with Crippen LogP contribution in [0.2, 0.25) is 0 Å². The SMILES string of the molecule is CNc1cc(Nc2ncccc2-c2nc(C)nc(N)n2)cnc1C. The lowest BCUT2D eigenvalue weighted by Crippen LogP contribution is -2.04. The van der Waals surface area contributed by atoms with Crippen molar-refractivity contribution in [3.8, 4) is 11.4 Å². The molecule has 0 fully saturated rings. The zero-order valence-electron chi connectivity index (χ0n) is 13.7. The molecule has 0 aromatic carbocycles. The second-order valence-corrected chi connectivity index (χ2v) is 5.20. The van der Waals surface area contributed by atoms with Crippen LogP contribution in [0.15, 0.2) is 30.6 Å². The van der Waals surface area contributed by atoms with Gasteiger partial charge in [-0.3, -0.25) is 4.98 Å². The third-order valence-corrected chi connectivity index (χ3v) is 3.43. The van der Waals surface area contributed by atoms with Gasteiger partial charge in [-0.2, -0.15) is 9.97 Å². The summed E-state index contributed by atoms with van der Waals surface area (Å²) >= 11 is 0. The van der Waals surface area contributed by atoms with Crippen LogP contribution in [0.5, 0.6) is 0 Å². The fraction of sp³-hybridized carbons (Fsp3) is 0.188. The van der Waals surface area contributed by atoms with Gasteiger partial charge in [-0.25, -0.2) is 9.97 Å². The summed E-state index contributed by atoms with van der Waals surface area (Å²) in [6, 6.07) is 5.67. The minimum Gasteiger partial charge on any atom is -0.387 e. The summed E-state index contributed by atoms with van der Waals surface area (Å²) in [6.07, 6.45) is 3.45. The number of nitrogen functional groups attached to an aromatic ring is 1. The van der Waals surface area contributed by atoms with E-state index < -0.39 is 0 Å². The van der Waals surface area contributed by atoms with Gasteiger partial charge >= 0.3 is 0 Å². The predicted octanol–water partition coefficient (Wildman–Crippen LogP) is 2.31. The zero-order chi connectivity index (χ0) is 17.1. The van der Waals surface area contributed by atoms with Gasteiger partial charge in [0.05, 0.1) is 28.8 Å². The Balaban J connectivity index is 2.01. The van der Waals surface area contributed by atoms with Crippen molar-refractivity contribution >= 4 is 23.1 Å². The maximum Gasteiger partial charge on any atom is 0.223 e. The van der Waals surface area contributed by atoms with Crippen LogP contribution in [0, 0.1) is 13.8 Å². The number of hydrogen-bond donors (Lipinski definition) is 3. The Bertz CT molecular complexity index is 857. The Kier molecular flexibility index (Phi) is 4.19. The van der Waals surface area contributed by atoms with Crippen molar-refractivity contribution in [3.05, 3.63) is 42.1 Å². The van der Waals surface area contributed by atoms with E-state index in [1.54, 1.807) is 19.3 Å². The summed E-state index contributed by atoms with van der Waals surface area (Å²) in [7, 11) is 1.86. The van der Waals surface area contributed by atoms with Gasteiger partial charge < -0.3 is 16.4 Å². The van der Waals surface area contributed by atoms with Crippen molar-refractivity contribution in [3.63, 3.8) is 0 Å². The second-order valence-electron chi connectivity index (χ2n) is 5.20. The predicted molar refractivity (Wildman–Crippen MR) is 94.0 cm³/mol. The lowest BCUT2D eigenvalue weighted by Gasteiger charge is -2.12. The first-order valence-corrected chi connectivity index (χ1v) is 7.42. The van der Waals surface area contributed by atoms with Crippen LogP contribution in [0.25, 0.3) is 11.4 Å². The first-order chi connectivity index (χ1) is 11.6. The standard InChI is InChI=1S/C16H18N8/c1-9-13(18-3)7-11(8-20-9)23-14-12(5-4-6-19-14)15-21-10(2)22-16(17)24-15/h4-8,18H,1-3H3,(H,19,23)(H2,17,21,22,24). The minimum absolute atomic E-state index is 0.182. The quantitative estimate of drug-likeness (QED) is 0.670. The third kappa shape index (κ3) is 3.22. The Morgan fingerprint density at radius 3 is 2.67 bits per heavy atom. The molecule has 0 bridgehead atoms. The van der Waals surface area contributed by atoms with Crippen molar-refractivity contribution in [2.75, 3.05) is 23.4 Å². The van der Waals surface area contributed by atoms with E-state index in [1.165, 1.54) is 0 Å². The highest BCUT2D eigenvalue weighted by molar-refractivity contribution is 5.75. The van der Waals surface area contributed by atoms with E-state index in [1.807, 2.05) is 32.2 Å². The third-order valence-electron chi connectivity index (χ3n) is 3.43. The Labute approximate surface area is 139 Å². The number of nitrogens with zero attached hydrogens (tertiary/aromatic N) is 5. The average Bonchev–Trinajstić information content (AvgIpc) is 2.56. The number of nitrogens with one attached hydrogen (secondary N) is 2. The monoisotopic (exact) mass is 322 g/mol. The minimum atomic E-state index is 0.182. The molecule has 0 spiro atoms. The van der Waals surface area contributed by atoms with Crippen LogP contribution in [0.3, 0.4) is 0 Å². The lowest BCUT2D eigenvalue weighted by molar-refractivity contribution is 0.995. The second kappa shape index (κ2) is 6.45. The molecule has 0 unspecified atom stereocenters. The molecule has 0 amide bonds. The molecule has 0 saturated heterocycles. The zero-order valence-corrected chi connectivity index (χ0v) is 13.7. The first-order valence-electron chi connectivity index (χ1n) is 7.42. The van der Waals surface area contributed by atoms with Gasteiger partial charge in [-0.15, -0.1) is 0 Å². The highest BCUT2D eigenvalue weighted by atomic mass is 15.1. The molecule has 8 heteroatoms. The first kappa shape index (κ1) is 15.6. The molecule has 4 N–H and O–H groups in total. The van der Waals surface area contributed by atoms with Crippen molar-refractivity contribution in [1.82, 2.24) is 24.9 Å². The Morgan fingerprint density at radius 1 is 1.08 bits per heavy atom. The molecule has 122 valence electrons. The van der Waals surface area contributed by atoms with Gasteiger partial charge in [0.25, 0.3) is 0 Å². The van der Waals surface area contributed by atoms with E-state index in [4.69, 9.17) is 5.73 Å². The molecular weight excluding hydrogens is 304 g/mol. The average molecular weight is 322 g/mol. The fourth-order valence-corrected chi connectivity index (χ4v) is 2.30. The number of rotatable bonds is 4. The van der Waals surface area contributed by atoms with E-state index in [-0.39, 0.29) is 5.95 Å². The number of aromatic nitrogens is 5. The molecule has 0 radical (unpaired) electrons. The Morgan fingerprint density at radius 2 is 1.92 bits per heavy atom. The fourth-order valence-electron chi connectivity index (χ4n) is 2.30. The number of aryl methyl sites for hydroxylation is 2. The summed E-state index contributed by atoms with van der Waals surface area (Å²) in [5.41, 5.74) is 9.14. The van der Waals surface area contributed by atoms with E-state index in [0.29, 0.717) is 17.5 Å². The molecule has 0 aliphatic carbocycles. The Hall–Kier alpha value is -3.29. The van der Waals surface area contributed by atoms with Gasteiger partial charge in [0.2, 0.25) is 5.95 Å². The van der Waals surface area contributed by atoms with E-state index >= 15 is 0 Å². The molecule has 0 saturated carbocycles. The highest BCUT2D eigenvalue weighted by Gasteiger charge is 2.12. The molecule has 0 atom stereocenters. The van der Waals surface area contributed by atoms with Gasteiger partial charge in [0.15, 0.2) is 5.82 Å². The molecule has 3 rings (SSSR count). The van der Waals surface area contributed by atoms with Crippen molar-refractivity contribution in [1.29, 1.82) is 0 Å². The number of hydrogen-bond acceptors (Lipinski definition) is 8. The van der Waals surface area contributed by atoms with Crippen molar-refractivity contribution < 1.29 is 0 Å². The number of anilines is 4. The van der Waals surface area contributed by atoms with E-state index in [0.717, 1.165) is 22.6 Å². The van der Waals surface area contributed by atoms with Crippen LogP contribution in [0.1, 0.15) is 11.5 Å². The molecule has 0 aliphatic rings. The van der Waals surface area contributed by atoms with Crippen LogP contribution in [-0.4, -0.2) is 32.0 Å². The van der Waals surface area contributed by atoms with E-state index in [2.05, 4.69) is 35.6 Å². The van der Waals surface area contributed by atoms with Crippen LogP contribution >= 0.6 is 0 Å². The van der Waals surface area contributed by atoms with Gasteiger partial charge in [-0.1, -0.05) is 0 Å². The van der Waals surface area contributed by atoms with Gasteiger partial charge in [0.1, 0.15) is 11.6 Å². The van der Waals surface area contributed by atoms with Crippen LogP contribution in [0.4, 0.5) is 23.1 Å². The molecule has 8 nitrogen and oxygen atoms in total.